The highest BCUT2D eigenvalue weighted by atomic mass is 35.5. The molecule has 1 fully saturated rings. The Labute approximate surface area is 182 Å². The van der Waals surface area contributed by atoms with Gasteiger partial charge in [-0.15, -0.1) is 0 Å². The molecule has 0 aliphatic carbocycles. The fraction of sp³-hybridized carbons (Fsp3) is 0.217. The van der Waals surface area contributed by atoms with Gasteiger partial charge in [0.05, 0.1) is 10.6 Å². The molecule has 1 aliphatic heterocycles. The highest BCUT2D eigenvalue weighted by Crippen LogP contribution is 2.25. The Kier molecular flexibility index (Phi) is 5.88. The molecule has 7 heteroatoms. The van der Waals surface area contributed by atoms with Crippen LogP contribution in [0.1, 0.15) is 5.56 Å². The van der Waals surface area contributed by atoms with Crippen molar-refractivity contribution >= 4 is 38.7 Å². The van der Waals surface area contributed by atoms with Crippen LogP contribution in [-0.2, 0) is 10.0 Å². The lowest BCUT2D eigenvalue weighted by atomic mass is 10.2. The third-order valence-electron chi connectivity index (χ3n) is 5.27. The minimum atomic E-state index is -3.61. The van der Waals surface area contributed by atoms with Crippen LogP contribution in [0, 0.1) is 6.92 Å². The maximum Gasteiger partial charge on any atom is 0.261 e. The first kappa shape index (κ1) is 20.6. The number of anilines is 3. The summed E-state index contributed by atoms with van der Waals surface area (Å²) >= 11 is 5.98. The number of rotatable bonds is 5. The third kappa shape index (κ3) is 4.71. The number of piperazine rings is 1. The van der Waals surface area contributed by atoms with E-state index in [4.69, 9.17) is 11.6 Å². The van der Waals surface area contributed by atoms with Gasteiger partial charge in [0.15, 0.2) is 0 Å². The van der Waals surface area contributed by atoms with Crippen LogP contribution in [0.2, 0.25) is 5.02 Å². The van der Waals surface area contributed by atoms with E-state index in [1.807, 2.05) is 49.4 Å². The van der Waals surface area contributed by atoms with Crippen molar-refractivity contribution in [3.8, 4) is 0 Å². The molecule has 5 nitrogen and oxygen atoms in total. The third-order valence-corrected chi connectivity index (χ3v) is 6.92. The van der Waals surface area contributed by atoms with Crippen LogP contribution in [0.5, 0.6) is 0 Å². The number of aryl methyl sites for hydroxylation is 1. The first-order valence-electron chi connectivity index (χ1n) is 9.86. The summed E-state index contributed by atoms with van der Waals surface area (Å²) in [5.41, 5.74) is 3.76. The Balaban J connectivity index is 1.44. The molecule has 1 heterocycles. The molecular formula is C23H24ClN3O2S. The van der Waals surface area contributed by atoms with Gasteiger partial charge in [-0.25, -0.2) is 8.42 Å². The SMILES string of the molecule is Cc1ccc(S(=O)(=O)Nc2cccc(N3CCN(c4ccc(Cl)cc4)CC3)c2)cc1. The summed E-state index contributed by atoms with van der Waals surface area (Å²) in [6.07, 6.45) is 0. The Morgan fingerprint density at radius 1 is 0.800 bits per heavy atom. The molecule has 4 rings (SSSR count). The van der Waals surface area contributed by atoms with Crippen LogP contribution in [0.4, 0.5) is 17.1 Å². The van der Waals surface area contributed by atoms with Gasteiger partial charge >= 0.3 is 0 Å². The van der Waals surface area contributed by atoms with Gasteiger partial charge in [-0.3, -0.25) is 4.72 Å². The molecule has 0 bridgehead atoms. The summed E-state index contributed by atoms with van der Waals surface area (Å²) in [4.78, 5) is 4.86. The van der Waals surface area contributed by atoms with Gasteiger partial charge < -0.3 is 9.80 Å². The molecule has 3 aromatic rings. The van der Waals surface area contributed by atoms with E-state index in [-0.39, 0.29) is 4.90 Å². The molecule has 30 heavy (non-hydrogen) atoms. The van der Waals surface area contributed by atoms with E-state index in [1.54, 1.807) is 30.3 Å². The fourth-order valence-electron chi connectivity index (χ4n) is 3.57. The lowest BCUT2D eigenvalue weighted by Gasteiger charge is -2.37. The van der Waals surface area contributed by atoms with Crippen molar-refractivity contribution in [3.05, 3.63) is 83.4 Å². The number of hydrogen-bond donors (Lipinski definition) is 1. The predicted octanol–water partition coefficient (Wildman–Crippen LogP) is 4.78. The van der Waals surface area contributed by atoms with Crippen molar-refractivity contribution < 1.29 is 8.42 Å². The van der Waals surface area contributed by atoms with Gasteiger partial charge in [0.25, 0.3) is 10.0 Å². The van der Waals surface area contributed by atoms with E-state index in [0.717, 1.165) is 42.5 Å². The monoisotopic (exact) mass is 441 g/mol. The van der Waals surface area contributed by atoms with E-state index >= 15 is 0 Å². The molecule has 0 unspecified atom stereocenters. The molecule has 0 radical (unpaired) electrons. The second kappa shape index (κ2) is 8.58. The van der Waals surface area contributed by atoms with Crippen LogP contribution < -0.4 is 14.5 Å². The van der Waals surface area contributed by atoms with Crippen LogP contribution in [0.25, 0.3) is 0 Å². The smallest absolute Gasteiger partial charge is 0.261 e. The number of benzene rings is 3. The standard InChI is InChI=1S/C23H24ClN3O2S/c1-18-5-11-23(12-6-18)30(28,29)25-20-3-2-4-22(17-20)27-15-13-26(14-16-27)21-9-7-19(24)8-10-21/h2-12,17,25H,13-16H2,1H3. The van der Waals surface area contributed by atoms with E-state index in [0.29, 0.717) is 5.69 Å². The fourth-order valence-corrected chi connectivity index (χ4v) is 4.75. The summed E-state index contributed by atoms with van der Waals surface area (Å²) in [5, 5.41) is 0.738. The molecule has 0 saturated carbocycles. The minimum absolute atomic E-state index is 0.259. The first-order chi connectivity index (χ1) is 14.4. The first-order valence-corrected chi connectivity index (χ1v) is 11.7. The van der Waals surface area contributed by atoms with Crippen molar-refractivity contribution in [1.29, 1.82) is 0 Å². The molecule has 0 aromatic heterocycles. The number of hydrogen-bond acceptors (Lipinski definition) is 4. The summed E-state index contributed by atoms with van der Waals surface area (Å²) < 4.78 is 28.1. The van der Waals surface area contributed by atoms with E-state index in [1.165, 1.54) is 5.69 Å². The quantitative estimate of drug-likeness (QED) is 0.619. The molecule has 0 amide bonds. The van der Waals surface area contributed by atoms with Crippen LogP contribution >= 0.6 is 11.6 Å². The summed E-state index contributed by atoms with van der Waals surface area (Å²) in [6.45, 7) is 5.43. The maximum absolute atomic E-state index is 12.7. The second-order valence-electron chi connectivity index (χ2n) is 7.42. The largest absolute Gasteiger partial charge is 0.368 e. The summed E-state index contributed by atoms with van der Waals surface area (Å²) in [6, 6.07) is 22.3. The molecule has 1 saturated heterocycles. The van der Waals surface area contributed by atoms with Gasteiger partial charge in [0.1, 0.15) is 0 Å². The highest BCUT2D eigenvalue weighted by molar-refractivity contribution is 7.92. The number of halogens is 1. The zero-order valence-corrected chi connectivity index (χ0v) is 18.3. The lowest BCUT2D eigenvalue weighted by molar-refractivity contribution is 0.601. The highest BCUT2D eigenvalue weighted by Gasteiger charge is 2.19. The van der Waals surface area contributed by atoms with Gasteiger partial charge in [-0.2, -0.15) is 0 Å². The van der Waals surface area contributed by atoms with Crippen molar-refractivity contribution in [2.24, 2.45) is 0 Å². The van der Waals surface area contributed by atoms with Crippen molar-refractivity contribution in [2.75, 3.05) is 40.7 Å². The Morgan fingerprint density at radius 3 is 2.03 bits per heavy atom. The van der Waals surface area contributed by atoms with Crippen LogP contribution in [0.15, 0.2) is 77.7 Å². The van der Waals surface area contributed by atoms with Gasteiger partial charge in [0, 0.05) is 42.6 Å². The molecule has 1 aliphatic rings. The Hall–Kier alpha value is -2.70. The van der Waals surface area contributed by atoms with E-state index in [2.05, 4.69) is 14.5 Å². The van der Waals surface area contributed by atoms with E-state index in [9.17, 15) is 8.42 Å². The number of nitrogens with one attached hydrogen (secondary N) is 1. The second-order valence-corrected chi connectivity index (χ2v) is 9.54. The average molecular weight is 442 g/mol. The lowest BCUT2D eigenvalue weighted by Crippen LogP contribution is -2.46. The average Bonchev–Trinajstić information content (AvgIpc) is 2.75. The Bertz CT molecular complexity index is 1110. The zero-order chi connectivity index (χ0) is 21.1. The zero-order valence-electron chi connectivity index (χ0n) is 16.8. The molecule has 3 aromatic carbocycles. The predicted molar refractivity (Wildman–Crippen MR) is 124 cm³/mol. The number of sulfonamides is 1. The normalized spacial score (nSPS) is 14.6. The van der Waals surface area contributed by atoms with Crippen LogP contribution in [0.3, 0.4) is 0 Å². The van der Waals surface area contributed by atoms with Crippen molar-refractivity contribution in [2.45, 2.75) is 11.8 Å². The summed E-state index contributed by atoms with van der Waals surface area (Å²) in [5.74, 6) is 0. The molecule has 0 spiro atoms. The van der Waals surface area contributed by atoms with Gasteiger partial charge in [-0.05, 0) is 61.5 Å². The summed E-state index contributed by atoms with van der Waals surface area (Å²) in [7, 11) is -3.61. The maximum atomic E-state index is 12.7. The topological polar surface area (TPSA) is 52.7 Å². The molecule has 1 N–H and O–H groups in total. The van der Waals surface area contributed by atoms with Gasteiger partial charge in [0.2, 0.25) is 0 Å². The van der Waals surface area contributed by atoms with Crippen molar-refractivity contribution in [3.63, 3.8) is 0 Å². The molecular weight excluding hydrogens is 418 g/mol. The van der Waals surface area contributed by atoms with Crippen molar-refractivity contribution in [1.82, 2.24) is 0 Å². The number of nitrogens with zero attached hydrogens (tertiary/aromatic N) is 2. The van der Waals surface area contributed by atoms with Gasteiger partial charge in [-0.1, -0.05) is 35.4 Å². The minimum Gasteiger partial charge on any atom is -0.368 e. The van der Waals surface area contributed by atoms with Crippen LogP contribution in [-0.4, -0.2) is 34.6 Å². The molecule has 156 valence electrons. The Morgan fingerprint density at radius 2 is 1.40 bits per heavy atom. The van der Waals surface area contributed by atoms with E-state index < -0.39 is 10.0 Å². The molecule has 0 atom stereocenters.